The van der Waals surface area contributed by atoms with Gasteiger partial charge >= 0.3 is 0 Å². The van der Waals surface area contributed by atoms with Crippen LogP contribution in [0.15, 0.2) is 0 Å². The van der Waals surface area contributed by atoms with Gasteiger partial charge in [-0.05, 0) is 30.7 Å². The van der Waals surface area contributed by atoms with Gasteiger partial charge in [0.05, 0.1) is 11.5 Å². The van der Waals surface area contributed by atoms with Crippen LogP contribution in [0.4, 0.5) is 5.00 Å². The van der Waals surface area contributed by atoms with Gasteiger partial charge in [-0.2, -0.15) is 5.26 Å². The number of hydrogen-bond donors (Lipinski definition) is 2. The van der Waals surface area contributed by atoms with Crippen molar-refractivity contribution in [2.75, 3.05) is 11.9 Å². The molecule has 6 heteroatoms. The SMILES string of the molecule is CC1CCc2c(sc(NC(=O)C3CNC(=O)C3)c2C#N)C1. The molecule has 1 saturated heterocycles. The van der Waals surface area contributed by atoms with Crippen molar-refractivity contribution in [3.63, 3.8) is 0 Å². The Bertz CT molecular complexity index is 644. The minimum atomic E-state index is -0.331. The lowest BCUT2D eigenvalue weighted by Crippen LogP contribution is -2.24. The molecule has 2 N–H and O–H groups in total. The number of rotatable bonds is 2. The van der Waals surface area contributed by atoms with Gasteiger partial charge in [0.15, 0.2) is 0 Å². The van der Waals surface area contributed by atoms with Crippen molar-refractivity contribution in [1.29, 1.82) is 5.26 Å². The Kier molecular flexibility index (Phi) is 3.68. The fraction of sp³-hybridized carbons (Fsp3) is 0.533. The van der Waals surface area contributed by atoms with Gasteiger partial charge in [-0.15, -0.1) is 11.3 Å². The summed E-state index contributed by atoms with van der Waals surface area (Å²) in [6, 6.07) is 2.24. The topological polar surface area (TPSA) is 82.0 Å². The molecule has 2 unspecified atom stereocenters. The molecular weight excluding hydrogens is 286 g/mol. The summed E-state index contributed by atoms with van der Waals surface area (Å²) in [4.78, 5) is 24.6. The molecule has 2 amide bonds. The Hall–Kier alpha value is -1.87. The van der Waals surface area contributed by atoms with E-state index in [1.54, 1.807) is 0 Å². The number of nitrogens with one attached hydrogen (secondary N) is 2. The molecule has 0 saturated carbocycles. The summed E-state index contributed by atoms with van der Waals surface area (Å²) in [5.41, 5.74) is 1.73. The molecular formula is C15H17N3O2S. The molecule has 110 valence electrons. The van der Waals surface area contributed by atoms with E-state index in [1.165, 1.54) is 16.2 Å². The highest BCUT2D eigenvalue weighted by Gasteiger charge is 2.30. The lowest BCUT2D eigenvalue weighted by atomic mass is 9.88. The molecule has 21 heavy (non-hydrogen) atoms. The first kappa shape index (κ1) is 14.1. The molecule has 1 aromatic rings. The Morgan fingerprint density at radius 2 is 2.29 bits per heavy atom. The summed E-state index contributed by atoms with van der Waals surface area (Å²) in [7, 11) is 0. The van der Waals surface area contributed by atoms with E-state index >= 15 is 0 Å². The number of amides is 2. The van der Waals surface area contributed by atoms with Crippen LogP contribution in [0.5, 0.6) is 0 Å². The third-order valence-corrected chi connectivity index (χ3v) is 5.38. The van der Waals surface area contributed by atoms with E-state index < -0.39 is 0 Å². The van der Waals surface area contributed by atoms with E-state index in [-0.39, 0.29) is 24.2 Å². The van der Waals surface area contributed by atoms with E-state index in [4.69, 9.17) is 0 Å². The van der Waals surface area contributed by atoms with Gasteiger partial charge in [0.25, 0.3) is 0 Å². The smallest absolute Gasteiger partial charge is 0.230 e. The Balaban J connectivity index is 1.81. The molecule has 0 aromatic carbocycles. The van der Waals surface area contributed by atoms with E-state index in [0.717, 1.165) is 24.8 Å². The molecule has 1 fully saturated rings. The predicted octanol–water partition coefficient (Wildman–Crippen LogP) is 1.82. The Labute approximate surface area is 127 Å². The second kappa shape index (κ2) is 5.49. The summed E-state index contributed by atoms with van der Waals surface area (Å²) in [6.07, 6.45) is 3.21. The number of thiophene rings is 1. The van der Waals surface area contributed by atoms with Crippen molar-refractivity contribution in [2.24, 2.45) is 11.8 Å². The number of hydrogen-bond acceptors (Lipinski definition) is 4. The number of carbonyl (C=O) groups is 2. The van der Waals surface area contributed by atoms with Crippen molar-refractivity contribution in [1.82, 2.24) is 5.32 Å². The zero-order valence-corrected chi connectivity index (χ0v) is 12.7. The first-order chi connectivity index (χ1) is 10.1. The van der Waals surface area contributed by atoms with Crippen LogP contribution in [0.25, 0.3) is 0 Å². The fourth-order valence-corrected chi connectivity index (χ4v) is 4.33. The highest BCUT2D eigenvalue weighted by molar-refractivity contribution is 7.16. The number of nitriles is 1. The van der Waals surface area contributed by atoms with Crippen molar-refractivity contribution >= 4 is 28.2 Å². The van der Waals surface area contributed by atoms with Crippen LogP contribution in [0.3, 0.4) is 0 Å². The molecule has 5 nitrogen and oxygen atoms in total. The van der Waals surface area contributed by atoms with Crippen LogP contribution in [-0.4, -0.2) is 18.4 Å². The molecule has 0 radical (unpaired) electrons. The van der Waals surface area contributed by atoms with Crippen LogP contribution < -0.4 is 10.6 Å². The lowest BCUT2D eigenvalue weighted by Gasteiger charge is -2.17. The Morgan fingerprint density at radius 1 is 1.48 bits per heavy atom. The second-order valence-corrected chi connectivity index (χ2v) is 6.97. The van der Waals surface area contributed by atoms with Crippen LogP contribution in [0.2, 0.25) is 0 Å². The first-order valence-electron chi connectivity index (χ1n) is 7.20. The summed E-state index contributed by atoms with van der Waals surface area (Å²) in [5, 5.41) is 15.6. The third-order valence-electron chi connectivity index (χ3n) is 4.21. The maximum absolute atomic E-state index is 12.2. The van der Waals surface area contributed by atoms with Crippen molar-refractivity contribution < 1.29 is 9.59 Å². The van der Waals surface area contributed by atoms with Crippen LogP contribution in [-0.2, 0) is 22.4 Å². The number of carbonyl (C=O) groups excluding carboxylic acids is 2. The van der Waals surface area contributed by atoms with Crippen molar-refractivity contribution in [3.8, 4) is 6.07 Å². The molecule has 2 atom stereocenters. The minimum Gasteiger partial charge on any atom is -0.355 e. The van der Waals surface area contributed by atoms with E-state index in [1.807, 2.05) is 0 Å². The van der Waals surface area contributed by atoms with Gasteiger partial charge in [-0.3, -0.25) is 9.59 Å². The van der Waals surface area contributed by atoms with E-state index in [9.17, 15) is 14.9 Å². The van der Waals surface area contributed by atoms with Gasteiger partial charge in [0.2, 0.25) is 11.8 Å². The standard InChI is InChI=1S/C15H17N3O2S/c1-8-2-3-10-11(6-16)15(21-12(10)4-8)18-14(20)9-5-13(19)17-7-9/h8-9H,2-5,7H2,1H3,(H,17,19)(H,18,20). The quantitative estimate of drug-likeness (QED) is 0.874. The highest BCUT2D eigenvalue weighted by atomic mass is 32.1. The van der Waals surface area contributed by atoms with Crippen LogP contribution >= 0.6 is 11.3 Å². The first-order valence-corrected chi connectivity index (χ1v) is 8.02. The van der Waals surface area contributed by atoms with Crippen molar-refractivity contribution in [2.45, 2.75) is 32.6 Å². The summed E-state index contributed by atoms with van der Waals surface area (Å²) in [5.74, 6) is 0.0384. The number of nitrogens with zero attached hydrogens (tertiary/aromatic N) is 1. The average Bonchev–Trinajstić information content (AvgIpc) is 3.01. The van der Waals surface area contributed by atoms with Crippen LogP contribution in [0, 0.1) is 23.2 Å². The monoisotopic (exact) mass is 303 g/mol. The zero-order chi connectivity index (χ0) is 15.0. The lowest BCUT2D eigenvalue weighted by molar-refractivity contribution is -0.123. The third kappa shape index (κ3) is 2.66. The fourth-order valence-electron chi connectivity index (χ4n) is 2.96. The minimum absolute atomic E-state index is 0.0880. The van der Waals surface area contributed by atoms with E-state index in [0.29, 0.717) is 23.0 Å². The summed E-state index contributed by atoms with van der Waals surface area (Å²) in [6.45, 7) is 2.59. The molecule has 2 heterocycles. The van der Waals surface area contributed by atoms with Gasteiger partial charge in [-0.25, -0.2) is 0 Å². The maximum Gasteiger partial charge on any atom is 0.230 e. The molecule has 1 aromatic heterocycles. The molecule has 2 aliphatic rings. The zero-order valence-electron chi connectivity index (χ0n) is 11.9. The summed E-state index contributed by atoms with van der Waals surface area (Å²) < 4.78 is 0. The molecule has 1 aliphatic carbocycles. The van der Waals surface area contributed by atoms with Crippen LogP contribution in [0.1, 0.15) is 35.8 Å². The molecule has 0 spiro atoms. The largest absolute Gasteiger partial charge is 0.355 e. The van der Waals surface area contributed by atoms with Gasteiger partial charge in [-0.1, -0.05) is 6.92 Å². The number of anilines is 1. The van der Waals surface area contributed by atoms with Gasteiger partial charge in [0.1, 0.15) is 11.1 Å². The average molecular weight is 303 g/mol. The molecule has 3 rings (SSSR count). The molecule has 0 bridgehead atoms. The van der Waals surface area contributed by atoms with Crippen molar-refractivity contribution in [3.05, 3.63) is 16.0 Å². The number of fused-ring (bicyclic) bond motifs is 1. The Morgan fingerprint density at radius 3 is 2.95 bits per heavy atom. The maximum atomic E-state index is 12.2. The van der Waals surface area contributed by atoms with E-state index in [2.05, 4.69) is 23.6 Å². The predicted molar refractivity (Wildman–Crippen MR) is 80.0 cm³/mol. The van der Waals surface area contributed by atoms with Gasteiger partial charge < -0.3 is 10.6 Å². The van der Waals surface area contributed by atoms with Gasteiger partial charge in [0, 0.05) is 17.8 Å². The normalized spacial score (nSPS) is 24.1. The molecule has 1 aliphatic heterocycles. The second-order valence-electron chi connectivity index (χ2n) is 5.86. The summed E-state index contributed by atoms with van der Waals surface area (Å²) >= 11 is 1.52. The highest BCUT2D eigenvalue weighted by Crippen LogP contribution is 2.39.